The molecule has 0 unspecified atom stereocenters. The van der Waals surface area contributed by atoms with Crippen LogP contribution in [0.3, 0.4) is 0 Å². The fraction of sp³-hybridized carbons (Fsp3) is 0.696. The molecule has 10 nitrogen and oxygen atoms in total. The zero-order valence-electron chi connectivity index (χ0n) is 20.1. The van der Waals surface area contributed by atoms with E-state index in [2.05, 4.69) is 18.9 Å². The van der Waals surface area contributed by atoms with Gasteiger partial charge in [0.05, 0.1) is 25.0 Å². The van der Waals surface area contributed by atoms with Crippen LogP contribution in [-0.2, 0) is 21.3 Å². The molecule has 2 amide bonds. The lowest BCUT2D eigenvalue weighted by Crippen LogP contribution is -2.50. The van der Waals surface area contributed by atoms with E-state index >= 15 is 0 Å². The van der Waals surface area contributed by atoms with Gasteiger partial charge in [-0.15, -0.1) is 0 Å². The fourth-order valence-corrected chi connectivity index (χ4v) is 3.41. The van der Waals surface area contributed by atoms with Crippen LogP contribution in [0.2, 0.25) is 0 Å². The Morgan fingerprint density at radius 2 is 1.97 bits per heavy atom. The molecule has 1 aliphatic rings. The Kier molecular flexibility index (Phi) is 11.0. The maximum atomic E-state index is 13.0. The monoisotopic (exact) mass is 466 g/mol. The number of nitrogens with zero attached hydrogens (tertiary/aromatic N) is 4. The van der Waals surface area contributed by atoms with E-state index in [4.69, 9.17) is 9.47 Å². The minimum atomic E-state index is -1.22. The van der Waals surface area contributed by atoms with Crippen molar-refractivity contribution < 1.29 is 29.3 Å². The molecule has 0 saturated carbocycles. The average molecular weight is 467 g/mol. The zero-order chi connectivity index (χ0) is 24.4. The molecular weight excluding hydrogens is 428 g/mol. The fourth-order valence-electron chi connectivity index (χ4n) is 3.41. The van der Waals surface area contributed by atoms with E-state index in [1.165, 1.54) is 18.0 Å². The SMILES string of the molecule is CC(=O)N1CCN(C(=O)c2cnn(C)c2)CC=CCOC[C@@H](O)[C@@H](O)[C@H](OCCC(C)C)C1. The molecule has 0 spiro atoms. The second-order valence-corrected chi connectivity index (χ2v) is 8.78. The molecule has 0 radical (unpaired) electrons. The van der Waals surface area contributed by atoms with Gasteiger partial charge in [-0.1, -0.05) is 26.0 Å². The first-order chi connectivity index (χ1) is 15.7. The van der Waals surface area contributed by atoms with Crippen molar-refractivity contribution in [1.29, 1.82) is 0 Å². The molecule has 1 aromatic heterocycles. The molecule has 0 aliphatic carbocycles. The Morgan fingerprint density at radius 1 is 1.24 bits per heavy atom. The Hall–Kier alpha value is -2.27. The molecule has 10 heteroatoms. The molecular formula is C23H38N4O6. The van der Waals surface area contributed by atoms with Crippen molar-refractivity contribution in [3.05, 3.63) is 30.1 Å². The number of amides is 2. The molecule has 33 heavy (non-hydrogen) atoms. The van der Waals surface area contributed by atoms with Crippen molar-refractivity contribution in [2.75, 3.05) is 46.0 Å². The third kappa shape index (κ3) is 8.88. The van der Waals surface area contributed by atoms with Gasteiger partial charge >= 0.3 is 0 Å². The highest BCUT2D eigenvalue weighted by Gasteiger charge is 2.30. The first-order valence-electron chi connectivity index (χ1n) is 11.4. The number of aliphatic hydroxyl groups excluding tert-OH is 2. The van der Waals surface area contributed by atoms with E-state index < -0.39 is 18.3 Å². The van der Waals surface area contributed by atoms with Crippen LogP contribution in [0, 0.1) is 5.92 Å². The summed E-state index contributed by atoms with van der Waals surface area (Å²) in [6.07, 6.45) is 4.36. The van der Waals surface area contributed by atoms with Gasteiger partial charge in [0.1, 0.15) is 18.3 Å². The largest absolute Gasteiger partial charge is 0.388 e. The number of hydrogen-bond acceptors (Lipinski definition) is 7. The smallest absolute Gasteiger partial charge is 0.257 e. The molecule has 1 aliphatic heterocycles. The predicted molar refractivity (Wildman–Crippen MR) is 123 cm³/mol. The quantitative estimate of drug-likeness (QED) is 0.605. The highest BCUT2D eigenvalue weighted by Crippen LogP contribution is 2.12. The first kappa shape index (κ1) is 27.0. The average Bonchev–Trinajstić information content (AvgIpc) is 3.20. The molecule has 2 N–H and O–H groups in total. The van der Waals surface area contributed by atoms with Crippen molar-refractivity contribution >= 4 is 11.8 Å². The Balaban J connectivity index is 2.20. The van der Waals surface area contributed by atoms with Gasteiger partial charge in [-0.25, -0.2) is 0 Å². The highest BCUT2D eigenvalue weighted by molar-refractivity contribution is 5.93. The van der Waals surface area contributed by atoms with Gasteiger partial charge in [-0.2, -0.15) is 5.10 Å². The minimum absolute atomic E-state index is 0.0754. The van der Waals surface area contributed by atoms with E-state index in [0.717, 1.165) is 6.42 Å². The second-order valence-electron chi connectivity index (χ2n) is 8.78. The lowest BCUT2D eigenvalue weighted by Gasteiger charge is -2.33. The molecule has 0 aromatic carbocycles. The lowest BCUT2D eigenvalue weighted by molar-refractivity contribution is -0.139. The number of hydrogen-bond donors (Lipinski definition) is 2. The third-order valence-electron chi connectivity index (χ3n) is 5.52. The molecule has 1 aromatic rings. The van der Waals surface area contributed by atoms with Gasteiger partial charge in [0.15, 0.2) is 0 Å². The summed E-state index contributed by atoms with van der Waals surface area (Å²) in [4.78, 5) is 28.5. The molecule has 2 heterocycles. The zero-order valence-corrected chi connectivity index (χ0v) is 20.1. The maximum Gasteiger partial charge on any atom is 0.257 e. The Labute approximate surface area is 195 Å². The second kappa shape index (κ2) is 13.4. The minimum Gasteiger partial charge on any atom is -0.388 e. The number of ether oxygens (including phenoxy) is 2. The summed E-state index contributed by atoms with van der Waals surface area (Å²) in [6, 6.07) is 0. The summed E-state index contributed by atoms with van der Waals surface area (Å²) >= 11 is 0. The van der Waals surface area contributed by atoms with Gasteiger partial charge < -0.3 is 29.5 Å². The van der Waals surface area contributed by atoms with Crippen molar-refractivity contribution in [3.8, 4) is 0 Å². The van der Waals surface area contributed by atoms with Gasteiger partial charge in [-0.05, 0) is 12.3 Å². The van der Waals surface area contributed by atoms with Gasteiger partial charge in [-0.3, -0.25) is 14.3 Å². The topological polar surface area (TPSA) is 117 Å². The van der Waals surface area contributed by atoms with Crippen molar-refractivity contribution in [2.24, 2.45) is 13.0 Å². The molecule has 0 fully saturated rings. The molecule has 186 valence electrons. The summed E-state index contributed by atoms with van der Waals surface area (Å²) in [5.74, 6) is 0.0166. The van der Waals surface area contributed by atoms with Crippen molar-refractivity contribution in [2.45, 2.75) is 45.5 Å². The van der Waals surface area contributed by atoms with Crippen LogP contribution >= 0.6 is 0 Å². The van der Waals surface area contributed by atoms with Crippen LogP contribution in [-0.4, -0.2) is 106 Å². The normalized spacial score (nSPS) is 23.5. The lowest BCUT2D eigenvalue weighted by atomic mass is 10.1. The van der Waals surface area contributed by atoms with Crippen LogP contribution in [0.1, 0.15) is 37.6 Å². The first-order valence-corrected chi connectivity index (χ1v) is 11.4. The van der Waals surface area contributed by atoms with Crippen LogP contribution < -0.4 is 0 Å². The Bertz CT molecular complexity index is 781. The van der Waals surface area contributed by atoms with Crippen LogP contribution in [0.4, 0.5) is 0 Å². The van der Waals surface area contributed by atoms with E-state index in [1.54, 1.807) is 35.0 Å². The summed E-state index contributed by atoms with van der Waals surface area (Å²) in [5, 5.41) is 25.2. The number of carbonyl (C=O) groups excluding carboxylic acids is 2. The standard InChI is InChI=1S/C23H38N4O6/c1-17(2)7-12-33-21-15-27(18(3)28)10-9-26(23(31)19-13-24-25(4)14-19)8-5-6-11-32-16-20(29)22(21)30/h5-6,13-14,17,20-22,29-30H,7-12,15-16H2,1-4H3/t20-,21-,22-/m1/s1. The summed E-state index contributed by atoms with van der Waals surface area (Å²) in [6.45, 7) is 7.11. The van der Waals surface area contributed by atoms with E-state index in [-0.39, 0.29) is 44.7 Å². The van der Waals surface area contributed by atoms with E-state index in [0.29, 0.717) is 24.6 Å². The van der Waals surface area contributed by atoms with Crippen LogP contribution in [0.5, 0.6) is 0 Å². The number of aromatic nitrogens is 2. The van der Waals surface area contributed by atoms with Crippen LogP contribution in [0.25, 0.3) is 0 Å². The Morgan fingerprint density at radius 3 is 2.61 bits per heavy atom. The van der Waals surface area contributed by atoms with E-state index in [9.17, 15) is 19.8 Å². The van der Waals surface area contributed by atoms with Gasteiger partial charge in [0.25, 0.3) is 5.91 Å². The van der Waals surface area contributed by atoms with Crippen molar-refractivity contribution in [3.63, 3.8) is 0 Å². The number of carbonyl (C=O) groups is 2. The van der Waals surface area contributed by atoms with Crippen LogP contribution in [0.15, 0.2) is 24.5 Å². The highest BCUT2D eigenvalue weighted by atomic mass is 16.5. The molecule has 0 bridgehead atoms. The molecule has 0 saturated heterocycles. The number of aliphatic hydroxyl groups is 2. The van der Waals surface area contributed by atoms with Crippen molar-refractivity contribution in [1.82, 2.24) is 19.6 Å². The summed E-state index contributed by atoms with van der Waals surface area (Å²) in [5.41, 5.74) is 0.464. The van der Waals surface area contributed by atoms with E-state index in [1.807, 2.05) is 0 Å². The number of aryl methyl sites for hydroxylation is 1. The summed E-state index contributed by atoms with van der Waals surface area (Å²) in [7, 11) is 1.74. The summed E-state index contributed by atoms with van der Waals surface area (Å²) < 4.78 is 12.9. The third-order valence-corrected chi connectivity index (χ3v) is 5.52. The predicted octanol–water partition coefficient (Wildman–Crippen LogP) is 0.450. The maximum absolute atomic E-state index is 13.0. The molecule has 3 atom stereocenters. The van der Waals surface area contributed by atoms with Gasteiger partial charge in [0.2, 0.25) is 5.91 Å². The van der Waals surface area contributed by atoms with Gasteiger partial charge in [0, 0.05) is 53.0 Å². The molecule has 2 rings (SSSR count). The number of rotatable bonds is 5.